The Hall–Kier alpha value is -3.59. The van der Waals surface area contributed by atoms with E-state index in [9.17, 15) is 0 Å². The van der Waals surface area contributed by atoms with Crippen LogP contribution in [0.1, 0.15) is 25.3 Å². The fourth-order valence-corrected chi connectivity index (χ4v) is 4.58. The summed E-state index contributed by atoms with van der Waals surface area (Å²) in [4.78, 5) is 4.64. The minimum Gasteiger partial charge on any atom is -0.452 e. The number of aryl methyl sites for hydroxylation is 1. The van der Waals surface area contributed by atoms with Gasteiger partial charge in [-0.05, 0) is 54.8 Å². The number of nitrogens with zero attached hydrogens (tertiary/aromatic N) is 2. The summed E-state index contributed by atoms with van der Waals surface area (Å²) in [6, 6.07) is 25.7. The summed E-state index contributed by atoms with van der Waals surface area (Å²) in [5.41, 5.74) is 7.43. The van der Waals surface area contributed by atoms with Gasteiger partial charge in [-0.15, -0.1) is 0 Å². The van der Waals surface area contributed by atoms with Gasteiger partial charge in [0.05, 0.1) is 16.7 Å². The van der Waals surface area contributed by atoms with Gasteiger partial charge in [0.15, 0.2) is 5.58 Å². The molecule has 146 valence electrons. The second kappa shape index (κ2) is 6.74. The largest absolute Gasteiger partial charge is 0.452 e. The summed E-state index contributed by atoms with van der Waals surface area (Å²) in [5.74, 6) is 0. The fourth-order valence-electron chi connectivity index (χ4n) is 4.58. The Bertz CT molecular complexity index is 1540. The van der Waals surface area contributed by atoms with E-state index in [2.05, 4.69) is 71.1 Å². The van der Waals surface area contributed by atoms with Crippen molar-refractivity contribution in [2.24, 2.45) is 0 Å². The second-order valence-corrected chi connectivity index (χ2v) is 7.91. The molecule has 0 saturated carbocycles. The number of aromatic nitrogens is 2. The standard InChI is InChI=1S/C27H22N2O/c1-2-3-8-18-13-14-23-21(17-18)19-9-4-6-11-22(19)29(23)24-15-16-28-26-20-10-5-7-12-25(20)30-27(24)26/h4-7,9-17H,2-3,8H2,1H3. The van der Waals surface area contributed by atoms with E-state index < -0.39 is 0 Å². The molecular weight excluding hydrogens is 368 g/mol. The third-order valence-electron chi connectivity index (χ3n) is 6.03. The van der Waals surface area contributed by atoms with Crippen LogP contribution >= 0.6 is 0 Å². The molecule has 0 aliphatic heterocycles. The molecule has 0 saturated heterocycles. The molecule has 6 aromatic rings. The van der Waals surface area contributed by atoms with E-state index in [1.54, 1.807) is 0 Å². The van der Waals surface area contributed by atoms with Gasteiger partial charge in [0.25, 0.3) is 0 Å². The second-order valence-electron chi connectivity index (χ2n) is 7.91. The third kappa shape index (κ3) is 2.48. The first-order valence-electron chi connectivity index (χ1n) is 10.6. The number of furan rings is 1. The molecule has 0 fully saturated rings. The molecule has 0 N–H and O–H groups in total. The number of hydrogen-bond donors (Lipinski definition) is 0. The number of pyridine rings is 1. The monoisotopic (exact) mass is 390 g/mol. The lowest BCUT2D eigenvalue weighted by molar-refractivity contribution is 0.665. The fraction of sp³-hybridized carbons (Fsp3) is 0.148. The lowest BCUT2D eigenvalue weighted by Gasteiger charge is -2.08. The van der Waals surface area contributed by atoms with Gasteiger partial charge in [0, 0.05) is 22.4 Å². The van der Waals surface area contributed by atoms with Gasteiger partial charge in [0.2, 0.25) is 0 Å². The topological polar surface area (TPSA) is 31.0 Å². The van der Waals surface area contributed by atoms with Crippen molar-refractivity contribution < 1.29 is 4.42 Å². The molecule has 0 bridgehead atoms. The maximum absolute atomic E-state index is 6.30. The van der Waals surface area contributed by atoms with Crippen LogP contribution < -0.4 is 0 Å². The molecule has 0 atom stereocenters. The van der Waals surface area contributed by atoms with Crippen molar-refractivity contribution in [3.63, 3.8) is 0 Å². The average Bonchev–Trinajstić information content (AvgIpc) is 3.33. The molecule has 0 unspecified atom stereocenters. The van der Waals surface area contributed by atoms with Crippen LogP contribution in [0.15, 0.2) is 83.4 Å². The number of unbranched alkanes of at least 4 members (excludes halogenated alkanes) is 1. The molecule has 3 heterocycles. The van der Waals surface area contributed by atoms with Gasteiger partial charge in [-0.25, -0.2) is 0 Å². The van der Waals surface area contributed by atoms with Crippen LogP contribution in [0, 0.1) is 0 Å². The smallest absolute Gasteiger partial charge is 0.177 e. The Labute approximate surface area is 174 Å². The van der Waals surface area contributed by atoms with Gasteiger partial charge in [-0.2, -0.15) is 0 Å². The minimum absolute atomic E-state index is 0.830. The molecular formula is C27H22N2O. The van der Waals surface area contributed by atoms with E-state index in [4.69, 9.17) is 4.42 Å². The van der Waals surface area contributed by atoms with Crippen molar-refractivity contribution in [1.82, 2.24) is 9.55 Å². The molecule has 0 spiro atoms. The van der Waals surface area contributed by atoms with Gasteiger partial charge in [-0.1, -0.05) is 49.7 Å². The average molecular weight is 390 g/mol. The Kier molecular flexibility index (Phi) is 3.88. The van der Waals surface area contributed by atoms with E-state index in [0.29, 0.717) is 0 Å². The van der Waals surface area contributed by atoms with Crippen molar-refractivity contribution >= 4 is 43.9 Å². The molecule has 30 heavy (non-hydrogen) atoms. The number of rotatable bonds is 4. The van der Waals surface area contributed by atoms with Gasteiger partial charge in [-0.3, -0.25) is 4.98 Å². The number of benzene rings is 3. The summed E-state index contributed by atoms with van der Waals surface area (Å²) >= 11 is 0. The van der Waals surface area contributed by atoms with Crippen LogP contribution in [0.5, 0.6) is 0 Å². The minimum atomic E-state index is 0.830. The highest BCUT2D eigenvalue weighted by atomic mass is 16.3. The molecule has 3 aromatic heterocycles. The van der Waals surface area contributed by atoms with E-state index >= 15 is 0 Å². The van der Waals surface area contributed by atoms with E-state index in [1.807, 2.05) is 24.4 Å². The molecule has 3 heteroatoms. The van der Waals surface area contributed by atoms with Crippen molar-refractivity contribution in [1.29, 1.82) is 0 Å². The van der Waals surface area contributed by atoms with Crippen LogP contribution in [0.4, 0.5) is 0 Å². The molecule has 0 radical (unpaired) electrons. The summed E-state index contributed by atoms with van der Waals surface area (Å²) in [7, 11) is 0. The van der Waals surface area contributed by atoms with Gasteiger partial charge in [0.1, 0.15) is 11.1 Å². The number of fused-ring (bicyclic) bond motifs is 6. The quantitative estimate of drug-likeness (QED) is 0.313. The predicted molar refractivity (Wildman–Crippen MR) is 124 cm³/mol. The first kappa shape index (κ1) is 17.3. The van der Waals surface area contributed by atoms with Crippen molar-refractivity contribution in [3.05, 3.63) is 84.6 Å². The van der Waals surface area contributed by atoms with Crippen LogP contribution in [0.25, 0.3) is 49.6 Å². The summed E-state index contributed by atoms with van der Waals surface area (Å²) in [5, 5.41) is 3.61. The van der Waals surface area contributed by atoms with E-state index in [0.717, 1.165) is 34.2 Å². The Morgan fingerprint density at radius 2 is 1.63 bits per heavy atom. The van der Waals surface area contributed by atoms with E-state index in [1.165, 1.54) is 40.2 Å². The summed E-state index contributed by atoms with van der Waals surface area (Å²) in [6.45, 7) is 2.24. The highest BCUT2D eigenvalue weighted by Crippen LogP contribution is 2.37. The SMILES string of the molecule is CCCCc1ccc2c(c1)c1ccccc1n2-c1ccnc2c1oc1ccccc12. The normalized spacial score (nSPS) is 11.9. The first-order chi connectivity index (χ1) is 14.8. The third-order valence-corrected chi connectivity index (χ3v) is 6.03. The van der Waals surface area contributed by atoms with Crippen LogP contribution in [-0.2, 0) is 6.42 Å². The van der Waals surface area contributed by atoms with Crippen molar-refractivity contribution in [3.8, 4) is 5.69 Å². The summed E-state index contributed by atoms with van der Waals surface area (Å²) < 4.78 is 8.62. The molecule has 6 rings (SSSR count). The van der Waals surface area contributed by atoms with Crippen molar-refractivity contribution in [2.45, 2.75) is 26.2 Å². The molecule has 0 amide bonds. The van der Waals surface area contributed by atoms with Crippen LogP contribution in [-0.4, -0.2) is 9.55 Å². The molecule has 0 aliphatic rings. The predicted octanol–water partition coefficient (Wildman–Crippen LogP) is 7.42. The highest BCUT2D eigenvalue weighted by molar-refractivity contribution is 6.11. The highest BCUT2D eigenvalue weighted by Gasteiger charge is 2.18. The molecule has 0 aliphatic carbocycles. The molecule has 3 nitrogen and oxygen atoms in total. The number of para-hydroxylation sites is 2. The van der Waals surface area contributed by atoms with Gasteiger partial charge < -0.3 is 8.98 Å². The Morgan fingerprint density at radius 1 is 0.833 bits per heavy atom. The molecule has 3 aromatic carbocycles. The lowest BCUT2D eigenvalue weighted by Crippen LogP contribution is -1.95. The van der Waals surface area contributed by atoms with Crippen LogP contribution in [0.3, 0.4) is 0 Å². The maximum Gasteiger partial charge on any atom is 0.177 e. The number of hydrogen-bond acceptors (Lipinski definition) is 2. The summed E-state index contributed by atoms with van der Waals surface area (Å²) in [6.07, 6.45) is 5.43. The van der Waals surface area contributed by atoms with Crippen LogP contribution in [0.2, 0.25) is 0 Å². The zero-order valence-corrected chi connectivity index (χ0v) is 16.9. The Balaban J connectivity index is 1.70. The van der Waals surface area contributed by atoms with E-state index in [-0.39, 0.29) is 0 Å². The Morgan fingerprint density at radius 3 is 2.53 bits per heavy atom. The first-order valence-corrected chi connectivity index (χ1v) is 10.6. The van der Waals surface area contributed by atoms with Crippen molar-refractivity contribution in [2.75, 3.05) is 0 Å². The zero-order chi connectivity index (χ0) is 20.1. The lowest BCUT2D eigenvalue weighted by atomic mass is 10.0. The van der Waals surface area contributed by atoms with Gasteiger partial charge >= 0.3 is 0 Å². The maximum atomic E-state index is 6.30. The zero-order valence-electron chi connectivity index (χ0n) is 16.9.